The van der Waals surface area contributed by atoms with Crippen molar-refractivity contribution in [1.82, 2.24) is 4.98 Å². The van der Waals surface area contributed by atoms with Crippen LogP contribution in [-0.4, -0.2) is 49.5 Å². The number of H-pyrrole nitrogens is 2. The zero-order chi connectivity index (χ0) is 17.7. The molecule has 11 heteroatoms. The van der Waals surface area contributed by atoms with Crippen LogP contribution in [0.1, 0.15) is 31.1 Å². The predicted molar refractivity (Wildman–Crippen MR) is 90.4 cm³/mol. The molecule has 0 aliphatic heterocycles. The second kappa shape index (κ2) is 10.9. The van der Waals surface area contributed by atoms with Gasteiger partial charge in [-0.05, 0) is 35.9 Å². The highest BCUT2D eigenvalue weighted by Gasteiger charge is 2.11. The standard InChI is InChI=1S/C9H6O6.C7H6N2.3H2O/c10-7(11)4-1-5(8(12)13)3-6(2-4)9(14)15;1-2-4-7-6(3-1)8-5-9-7;;;/h1-3H,(H,10,11)(H,12,13)(H,14,15);1-5H,(H,8,9);3*1H2. The number of benzene rings is 2. The number of para-hydroxylation sites is 2. The van der Waals surface area contributed by atoms with E-state index in [4.69, 9.17) is 10.2 Å². The lowest BCUT2D eigenvalue weighted by Crippen LogP contribution is -2.23. The molecule has 10 N–H and O–H groups in total. The van der Waals surface area contributed by atoms with Gasteiger partial charge >= 0.3 is 11.9 Å². The summed E-state index contributed by atoms with van der Waals surface area (Å²) in [5.74, 6) is -4.43. The molecule has 11 nitrogen and oxygen atoms in total. The van der Waals surface area contributed by atoms with E-state index in [2.05, 4.69) is 9.97 Å². The summed E-state index contributed by atoms with van der Waals surface area (Å²) in [6.07, 6.45) is 1.82. The number of carbonyl (C=O) groups excluding carboxylic acids is 1. The fraction of sp³-hybridized carbons (Fsp3) is 0. The lowest BCUT2D eigenvalue weighted by atomic mass is 10.1. The molecule has 0 fully saturated rings. The first kappa shape index (κ1) is 25.4. The molecule has 1 aromatic heterocycles. The van der Waals surface area contributed by atoms with Crippen molar-refractivity contribution < 1.29 is 51.1 Å². The maximum Gasteiger partial charge on any atom is 0.335 e. The smallest absolute Gasteiger partial charge is 0.335 e. The third-order valence-electron chi connectivity index (χ3n) is 3.05. The van der Waals surface area contributed by atoms with Crippen molar-refractivity contribution in [3.63, 3.8) is 0 Å². The molecule has 0 saturated heterocycles. The Hall–Kier alpha value is -3.80. The summed E-state index contributed by atoms with van der Waals surface area (Å²) in [5, 5.41) is 27.6. The normalized spacial score (nSPS) is 8.74. The molecule has 2 aromatic carbocycles. The van der Waals surface area contributed by atoms with E-state index >= 15 is 0 Å². The summed E-state index contributed by atoms with van der Waals surface area (Å²) >= 11 is 0. The molecule has 0 spiro atoms. The second-order valence-corrected chi connectivity index (χ2v) is 4.68. The van der Waals surface area contributed by atoms with Gasteiger partial charge in [0.15, 0.2) is 11.0 Å². The van der Waals surface area contributed by atoms with Crippen LogP contribution in [0.25, 0.3) is 11.0 Å². The van der Waals surface area contributed by atoms with Gasteiger partial charge in [0.1, 0.15) is 0 Å². The SMILES string of the molecule is O.O.O.O=C([O-])c1cc(C(=O)O)cc(C(=O)O)c1.c1ccc2[nH+]c[nH]c2c1. The van der Waals surface area contributed by atoms with E-state index in [1.807, 2.05) is 30.6 Å². The van der Waals surface area contributed by atoms with Gasteiger partial charge in [-0.1, -0.05) is 12.1 Å². The van der Waals surface area contributed by atoms with Crippen LogP contribution >= 0.6 is 0 Å². The number of hydrogen-bond acceptors (Lipinski definition) is 4. The molecule has 0 radical (unpaired) electrons. The highest BCUT2D eigenvalue weighted by atomic mass is 16.4. The van der Waals surface area contributed by atoms with Crippen molar-refractivity contribution in [2.45, 2.75) is 0 Å². The molecule has 1 heterocycles. The summed E-state index contributed by atoms with van der Waals surface area (Å²) < 4.78 is 0. The zero-order valence-corrected chi connectivity index (χ0v) is 13.6. The number of carboxylic acid groups (broad SMARTS) is 3. The number of nitrogens with one attached hydrogen (secondary N) is 2. The maximum atomic E-state index is 10.5. The Morgan fingerprint density at radius 1 is 0.852 bits per heavy atom. The molecule has 0 aliphatic rings. The highest BCUT2D eigenvalue weighted by molar-refractivity contribution is 5.98. The van der Waals surface area contributed by atoms with Gasteiger partial charge in [0.25, 0.3) is 0 Å². The number of carbonyl (C=O) groups is 3. The molecule has 0 aliphatic carbocycles. The van der Waals surface area contributed by atoms with Gasteiger partial charge in [-0.15, -0.1) is 0 Å². The van der Waals surface area contributed by atoms with Crippen LogP contribution in [0, 0.1) is 0 Å². The maximum absolute atomic E-state index is 10.5. The molecule has 0 unspecified atom stereocenters. The summed E-state index contributed by atoms with van der Waals surface area (Å²) in [5.41, 5.74) is 1.01. The van der Waals surface area contributed by atoms with E-state index in [0.717, 1.165) is 29.2 Å². The van der Waals surface area contributed by atoms with Gasteiger partial charge in [-0.2, -0.15) is 0 Å². The molecule has 0 saturated carbocycles. The Morgan fingerprint density at radius 3 is 1.78 bits per heavy atom. The van der Waals surface area contributed by atoms with Gasteiger partial charge in [0.05, 0.1) is 17.1 Å². The molecule has 3 rings (SSSR count). The summed E-state index contributed by atoms with van der Waals surface area (Å²) in [7, 11) is 0. The van der Waals surface area contributed by atoms with Crippen LogP contribution in [0.3, 0.4) is 0 Å². The van der Waals surface area contributed by atoms with Crippen LogP contribution in [0.5, 0.6) is 0 Å². The van der Waals surface area contributed by atoms with Crippen molar-refractivity contribution in [3.05, 3.63) is 65.5 Å². The number of imidazole rings is 1. The number of carboxylic acids is 3. The van der Waals surface area contributed by atoms with Crippen LogP contribution < -0.4 is 10.1 Å². The Kier molecular flexibility index (Phi) is 10.3. The van der Waals surface area contributed by atoms with Crippen LogP contribution in [0.4, 0.5) is 0 Å². The van der Waals surface area contributed by atoms with Gasteiger partial charge in [-0.25, -0.2) is 19.6 Å². The fourth-order valence-electron chi connectivity index (χ4n) is 1.92. The molecule has 0 amide bonds. The average Bonchev–Trinajstić information content (AvgIpc) is 3.03. The van der Waals surface area contributed by atoms with E-state index in [0.29, 0.717) is 0 Å². The predicted octanol–water partition coefficient (Wildman–Crippen LogP) is -2.05. The van der Waals surface area contributed by atoms with E-state index in [1.54, 1.807) is 0 Å². The number of rotatable bonds is 3. The van der Waals surface area contributed by atoms with Crippen molar-refractivity contribution >= 4 is 28.9 Å². The lowest BCUT2D eigenvalue weighted by Gasteiger charge is -2.05. The quantitative estimate of drug-likeness (QED) is 0.460. The largest absolute Gasteiger partial charge is 0.545 e. The minimum atomic E-state index is -1.62. The molecule has 27 heavy (non-hydrogen) atoms. The Morgan fingerprint density at radius 2 is 1.33 bits per heavy atom. The van der Waals surface area contributed by atoms with Crippen LogP contribution in [0.15, 0.2) is 48.8 Å². The van der Waals surface area contributed by atoms with Crippen LogP contribution in [0.2, 0.25) is 0 Å². The lowest BCUT2D eigenvalue weighted by molar-refractivity contribution is -0.344. The minimum absolute atomic E-state index is 0. The first-order valence-electron chi connectivity index (χ1n) is 6.65. The highest BCUT2D eigenvalue weighted by Crippen LogP contribution is 2.10. The Labute approximate surface area is 151 Å². The third-order valence-corrected chi connectivity index (χ3v) is 3.05. The molecule has 0 bridgehead atoms. The molecule has 3 aromatic rings. The van der Waals surface area contributed by atoms with E-state index in [-0.39, 0.29) is 16.4 Å². The Bertz CT molecular complexity index is 812. The van der Waals surface area contributed by atoms with E-state index < -0.39 is 34.6 Å². The summed E-state index contributed by atoms with van der Waals surface area (Å²) in [6.45, 7) is 0. The van der Waals surface area contributed by atoms with Crippen molar-refractivity contribution in [1.29, 1.82) is 0 Å². The second-order valence-electron chi connectivity index (χ2n) is 4.68. The van der Waals surface area contributed by atoms with E-state index in [9.17, 15) is 19.5 Å². The first-order valence-corrected chi connectivity index (χ1v) is 6.65. The average molecular weight is 382 g/mol. The Balaban J connectivity index is 0. The van der Waals surface area contributed by atoms with Crippen molar-refractivity contribution in [2.24, 2.45) is 0 Å². The molecule has 146 valence electrons. The van der Waals surface area contributed by atoms with E-state index in [1.165, 1.54) is 0 Å². The van der Waals surface area contributed by atoms with Gasteiger partial charge in [0.2, 0.25) is 6.33 Å². The number of aromatic nitrogens is 2. The monoisotopic (exact) mass is 382 g/mol. The number of aromatic carboxylic acids is 3. The number of aromatic amines is 2. The third kappa shape index (κ3) is 6.55. The molecular weight excluding hydrogens is 364 g/mol. The van der Waals surface area contributed by atoms with Crippen LogP contribution in [-0.2, 0) is 0 Å². The summed E-state index contributed by atoms with van der Waals surface area (Å²) in [6, 6.07) is 10.6. The fourth-order valence-corrected chi connectivity index (χ4v) is 1.92. The zero-order valence-electron chi connectivity index (χ0n) is 13.6. The number of fused-ring (bicyclic) bond motifs is 1. The number of hydrogen-bond donors (Lipinski definition) is 3. The van der Waals surface area contributed by atoms with Crippen molar-refractivity contribution in [2.75, 3.05) is 0 Å². The van der Waals surface area contributed by atoms with Gasteiger partial charge in [0, 0.05) is 0 Å². The van der Waals surface area contributed by atoms with Gasteiger partial charge in [-0.3, -0.25) is 0 Å². The summed E-state index contributed by atoms with van der Waals surface area (Å²) in [4.78, 5) is 37.7. The van der Waals surface area contributed by atoms with Crippen molar-refractivity contribution in [3.8, 4) is 0 Å². The topological polar surface area (TPSA) is 239 Å². The molecular formula is C16H18N2O9. The van der Waals surface area contributed by atoms with Gasteiger partial charge < -0.3 is 36.5 Å². The first-order chi connectivity index (χ1) is 11.4. The molecule has 0 atom stereocenters. The minimum Gasteiger partial charge on any atom is -0.545 e.